The van der Waals surface area contributed by atoms with Crippen LogP contribution in [0.3, 0.4) is 0 Å². The molecule has 0 fully saturated rings. The second-order valence-electron chi connectivity index (χ2n) is 5.14. The molecule has 0 aromatic heterocycles. The fourth-order valence-electron chi connectivity index (χ4n) is 1.91. The summed E-state index contributed by atoms with van der Waals surface area (Å²) in [6.45, 7) is 4.02. The minimum Gasteiger partial charge on any atom is -0.492 e. The summed E-state index contributed by atoms with van der Waals surface area (Å²) in [4.78, 5) is 0. The zero-order chi connectivity index (χ0) is 15.6. The van der Waals surface area contributed by atoms with Crippen molar-refractivity contribution in [3.63, 3.8) is 0 Å². The number of benzene rings is 2. The van der Waals surface area contributed by atoms with Gasteiger partial charge in [-0.2, -0.15) is 0 Å². The molecule has 0 radical (unpaired) electrons. The number of aryl methyl sites for hydroxylation is 1. The molecule has 2 N–H and O–H groups in total. The average Bonchev–Trinajstić information content (AvgIpc) is 2.55. The molecule has 0 amide bonds. The number of para-hydroxylation sites is 1. The molecular formula is C18H23NO3. The van der Waals surface area contributed by atoms with E-state index in [2.05, 4.69) is 5.32 Å². The molecule has 4 nitrogen and oxygen atoms in total. The molecule has 0 saturated carbocycles. The average molecular weight is 301 g/mol. The molecule has 2 rings (SSSR count). The summed E-state index contributed by atoms with van der Waals surface area (Å²) in [5, 5.41) is 13.0. The van der Waals surface area contributed by atoms with Crippen molar-refractivity contribution in [2.24, 2.45) is 0 Å². The van der Waals surface area contributed by atoms with Crippen molar-refractivity contribution in [1.82, 2.24) is 5.32 Å². The van der Waals surface area contributed by atoms with E-state index in [9.17, 15) is 5.11 Å². The van der Waals surface area contributed by atoms with Gasteiger partial charge in [-0.05, 0) is 31.2 Å². The second-order valence-corrected chi connectivity index (χ2v) is 5.14. The minimum absolute atomic E-state index is 0.273. The van der Waals surface area contributed by atoms with Crippen LogP contribution in [0.5, 0.6) is 11.5 Å². The van der Waals surface area contributed by atoms with Gasteiger partial charge in [-0.3, -0.25) is 0 Å². The zero-order valence-electron chi connectivity index (χ0n) is 12.9. The lowest BCUT2D eigenvalue weighted by Gasteiger charge is -2.13. The molecule has 0 saturated heterocycles. The lowest BCUT2D eigenvalue weighted by Crippen LogP contribution is -2.33. The van der Waals surface area contributed by atoms with E-state index >= 15 is 0 Å². The molecule has 0 bridgehead atoms. The van der Waals surface area contributed by atoms with Gasteiger partial charge in [0.05, 0.1) is 0 Å². The maximum Gasteiger partial charge on any atom is 0.119 e. The Morgan fingerprint density at radius 1 is 0.955 bits per heavy atom. The molecule has 0 heterocycles. The summed E-state index contributed by atoms with van der Waals surface area (Å²) in [6, 6.07) is 17.5. The molecule has 0 aliphatic rings. The molecule has 1 atom stereocenters. The Morgan fingerprint density at radius 3 is 2.36 bits per heavy atom. The van der Waals surface area contributed by atoms with Gasteiger partial charge in [0.25, 0.3) is 0 Å². The van der Waals surface area contributed by atoms with Crippen LogP contribution in [0, 0.1) is 6.92 Å². The van der Waals surface area contributed by atoms with Gasteiger partial charge in [0.1, 0.15) is 30.8 Å². The van der Waals surface area contributed by atoms with Gasteiger partial charge in [-0.25, -0.2) is 0 Å². The summed E-state index contributed by atoms with van der Waals surface area (Å²) in [5.74, 6) is 1.63. The van der Waals surface area contributed by atoms with Crippen LogP contribution in [0.1, 0.15) is 5.56 Å². The normalized spacial score (nSPS) is 11.9. The van der Waals surface area contributed by atoms with Gasteiger partial charge >= 0.3 is 0 Å². The van der Waals surface area contributed by atoms with E-state index in [1.165, 1.54) is 5.56 Å². The highest BCUT2D eigenvalue weighted by atomic mass is 16.5. The van der Waals surface area contributed by atoms with Crippen LogP contribution >= 0.6 is 0 Å². The van der Waals surface area contributed by atoms with Crippen molar-refractivity contribution in [2.45, 2.75) is 13.0 Å². The third-order valence-electron chi connectivity index (χ3n) is 3.13. The van der Waals surface area contributed by atoms with Crippen LogP contribution in [0.15, 0.2) is 54.6 Å². The van der Waals surface area contributed by atoms with Gasteiger partial charge in [0, 0.05) is 13.1 Å². The molecule has 0 spiro atoms. The van der Waals surface area contributed by atoms with Gasteiger partial charge in [-0.1, -0.05) is 35.9 Å². The van der Waals surface area contributed by atoms with E-state index in [1.54, 1.807) is 0 Å². The summed E-state index contributed by atoms with van der Waals surface area (Å²) in [6.07, 6.45) is -0.543. The Labute approximate surface area is 131 Å². The quantitative estimate of drug-likeness (QED) is 0.698. The predicted octanol–water partition coefficient (Wildman–Crippen LogP) is 2.40. The highest BCUT2D eigenvalue weighted by molar-refractivity contribution is 5.26. The number of aliphatic hydroxyl groups excluding tert-OH is 1. The largest absolute Gasteiger partial charge is 0.492 e. The lowest BCUT2D eigenvalue weighted by atomic mass is 10.2. The topological polar surface area (TPSA) is 50.7 Å². The van der Waals surface area contributed by atoms with Crippen molar-refractivity contribution in [3.05, 3.63) is 60.2 Å². The summed E-state index contributed by atoms with van der Waals surface area (Å²) >= 11 is 0. The first-order valence-electron chi connectivity index (χ1n) is 7.50. The van der Waals surface area contributed by atoms with Crippen molar-refractivity contribution in [1.29, 1.82) is 0 Å². The fourth-order valence-corrected chi connectivity index (χ4v) is 1.91. The fraction of sp³-hybridized carbons (Fsp3) is 0.333. The van der Waals surface area contributed by atoms with Gasteiger partial charge in [-0.15, -0.1) is 0 Å². The first kappa shape index (κ1) is 16.3. The maximum atomic E-state index is 9.85. The van der Waals surface area contributed by atoms with Crippen LogP contribution in [0.2, 0.25) is 0 Å². The molecule has 2 aromatic carbocycles. The summed E-state index contributed by atoms with van der Waals surface area (Å²) < 4.78 is 11.1. The van der Waals surface area contributed by atoms with Crippen molar-refractivity contribution in [3.8, 4) is 11.5 Å². The predicted molar refractivity (Wildman–Crippen MR) is 87.5 cm³/mol. The molecule has 0 aliphatic heterocycles. The zero-order valence-corrected chi connectivity index (χ0v) is 12.9. The monoisotopic (exact) mass is 301 g/mol. The van der Waals surface area contributed by atoms with Gasteiger partial charge < -0.3 is 19.9 Å². The molecular weight excluding hydrogens is 278 g/mol. The third kappa shape index (κ3) is 6.16. The second kappa shape index (κ2) is 9.07. The Morgan fingerprint density at radius 2 is 1.64 bits per heavy atom. The first-order chi connectivity index (χ1) is 10.7. The Balaban J connectivity index is 1.54. The number of hydrogen-bond donors (Lipinski definition) is 2. The highest BCUT2D eigenvalue weighted by Crippen LogP contribution is 2.11. The van der Waals surface area contributed by atoms with Crippen molar-refractivity contribution >= 4 is 0 Å². The minimum atomic E-state index is -0.543. The van der Waals surface area contributed by atoms with Crippen LogP contribution < -0.4 is 14.8 Å². The Kier molecular flexibility index (Phi) is 6.74. The van der Waals surface area contributed by atoms with E-state index in [-0.39, 0.29) is 6.61 Å². The van der Waals surface area contributed by atoms with E-state index in [1.807, 2.05) is 61.5 Å². The van der Waals surface area contributed by atoms with Crippen molar-refractivity contribution < 1.29 is 14.6 Å². The molecule has 1 unspecified atom stereocenters. The molecule has 22 heavy (non-hydrogen) atoms. The van der Waals surface area contributed by atoms with E-state index in [4.69, 9.17) is 9.47 Å². The first-order valence-corrected chi connectivity index (χ1v) is 7.50. The van der Waals surface area contributed by atoms with Crippen LogP contribution in [-0.2, 0) is 0 Å². The number of hydrogen-bond acceptors (Lipinski definition) is 4. The van der Waals surface area contributed by atoms with Crippen LogP contribution in [0.25, 0.3) is 0 Å². The SMILES string of the molecule is Cc1ccc(OCC(O)CNCCOc2ccccc2)cc1. The lowest BCUT2D eigenvalue weighted by molar-refractivity contribution is 0.105. The standard InChI is InChI=1S/C18H23NO3/c1-15-7-9-18(10-8-15)22-14-16(20)13-19-11-12-21-17-5-3-2-4-6-17/h2-10,16,19-20H,11-14H2,1H3. The highest BCUT2D eigenvalue weighted by Gasteiger charge is 2.04. The molecule has 2 aromatic rings. The number of aliphatic hydroxyl groups is 1. The van der Waals surface area contributed by atoms with E-state index < -0.39 is 6.10 Å². The van der Waals surface area contributed by atoms with Crippen LogP contribution in [0.4, 0.5) is 0 Å². The number of rotatable bonds is 9. The molecule has 118 valence electrons. The maximum absolute atomic E-state index is 9.85. The third-order valence-corrected chi connectivity index (χ3v) is 3.13. The van der Waals surface area contributed by atoms with Crippen LogP contribution in [-0.4, -0.2) is 37.5 Å². The smallest absolute Gasteiger partial charge is 0.119 e. The van der Waals surface area contributed by atoms with Gasteiger partial charge in [0.15, 0.2) is 0 Å². The Hall–Kier alpha value is -2.04. The molecule has 4 heteroatoms. The van der Waals surface area contributed by atoms with Crippen molar-refractivity contribution in [2.75, 3.05) is 26.3 Å². The molecule has 0 aliphatic carbocycles. The van der Waals surface area contributed by atoms with Gasteiger partial charge in [0.2, 0.25) is 0 Å². The van der Waals surface area contributed by atoms with E-state index in [0.717, 1.165) is 11.5 Å². The van der Waals surface area contributed by atoms with E-state index in [0.29, 0.717) is 19.7 Å². The number of nitrogens with one attached hydrogen (secondary N) is 1. The summed E-state index contributed by atoms with van der Waals surface area (Å²) in [5.41, 5.74) is 1.19. The Bertz CT molecular complexity index is 528. The summed E-state index contributed by atoms with van der Waals surface area (Å²) in [7, 11) is 0. The number of ether oxygens (including phenoxy) is 2.